The smallest absolute Gasteiger partial charge is 0.250 e. The highest BCUT2D eigenvalue weighted by Crippen LogP contribution is 2.40. The van der Waals surface area contributed by atoms with Crippen LogP contribution in [0.2, 0.25) is 0 Å². The van der Waals surface area contributed by atoms with Gasteiger partial charge in [0, 0.05) is 23.7 Å². The van der Waals surface area contributed by atoms with Crippen molar-refractivity contribution in [3.63, 3.8) is 0 Å². The summed E-state index contributed by atoms with van der Waals surface area (Å²) in [7, 11) is 0. The van der Waals surface area contributed by atoms with Crippen LogP contribution in [0.25, 0.3) is 0 Å². The fraction of sp³-hybridized carbons (Fsp3) is 0.318. The van der Waals surface area contributed by atoms with Crippen LogP contribution in [0.5, 0.6) is 0 Å². The van der Waals surface area contributed by atoms with E-state index in [-0.39, 0.29) is 12.5 Å². The Morgan fingerprint density at radius 2 is 1.90 bits per heavy atom. The second-order valence-electron chi connectivity index (χ2n) is 7.43. The van der Waals surface area contributed by atoms with Crippen LogP contribution in [0.3, 0.4) is 0 Å². The molecular formula is C22H22FN3O3S. The van der Waals surface area contributed by atoms with Gasteiger partial charge in [-0.2, -0.15) is 0 Å². The second-order valence-corrected chi connectivity index (χ2v) is 8.58. The van der Waals surface area contributed by atoms with Gasteiger partial charge < -0.3 is 15.1 Å². The van der Waals surface area contributed by atoms with Gasteiger partial charge in [0.15, 0.2) is 5.25 Å². The highest BCUT2D eigenvalue weighted by atomic mass is 32.2. The highest BCUT2D eigenvalue weighted by Gasteiger charge is 2.41. The highest BCUT2D eigenvalue weighted by molar-refractivity contribution is 8.01. The fourth-order valence-corrected chi connectivity index (χ4v) is 4.84. The first-order chi connectivity index (χ1) is 14.4. The number of aryl methyl sites for hydroxylation is 1. The van der Waals surface area contributed by atoms with Crippen LogP contribution in [0.1, 0.15) is 18.4 Å². The molecule has 2 aromatic carbocycles. The van der Waals surface area contributed by atoms with Crippen LogP contribution in [0.15, 0.2) is 47.4 Å². The molecule has 0 bridgehead atoms. The van der Waals surface area contributed by atoms with E-state index in [1.807, 2.05) is 12.1 Å². The van der Waals surface area contributed by atoms with Gasteiger partial charge in [-0.3, -0.25) is 14.4 Å². The molecule has 0 radical (unpaired) electrons. The Balaban J connectivity index is 1.55. The Labute approximate surface area is 178 Å². The van der Waals surface area contributed by atoms with Crippen LogP contribution in [-0.2, 0) is 14.4 Å². The van der Waals surface area contributed by atoms with Crippen LogP contribution in [-0.4, -0.2) is 47.5 Å². The number of amides is 3. The number of fused-ring (bicyclic) bond motifs is 1. The Morgan fingerprint density at radius 1 is 1.17 bits per heavy atom. The topological polar surface area (TPSA) is 69.7 Å². The first-order valence-electron chi connectivity index (χ1n) is 9.86. The zero-order chi connectivity index (χ0) is 21.3. The van der Waals surface area contributed by atoms with Crippen molar-refractivity contribution >= 4 is 40.9 Å². The number of halogens is 1. The largest absolute Gasteiger partial charge is 0.341 e. The van der Waals surface area contributed by atoms with E-state index in [1.165, 1.54) is 22.7 Å². The van der Waals surface area contributed by atoms with E-state index in [9.17, 15) is 18.8 Å². The predicted octanol–water partition coefficient (Wildman–Crippen LogP) is 3.20. The van der Waals surface area contributed by atoms with Gasteiger partial charge in [-0.25, -0.2) is 4.39 Å². The summed E-state index contributed by atoms with van der Waals surface area (Å²) < 4.78 is 13.8. The third-order valence-electron chi connectivity index (χ3n) is 5.29. The lowest BCUT2D eigenvalue weighted by Gasteiger charge is -2.34. The van der Waals surface area contributed by atoms with Crippen molar-refractivity contribution in [2.24, 2.45) is 0 Å². The number of nitrogens with one attached hydrogen (secondary N) is 1. The van der Waals surface area contributed by atoms with Gasteiger partial charge in [-0.1, -0.05) is 18.2 Å². The Morgan fingerprint density at radius 3 is 2.63 bits per heavy atom. The van der Waals surface area contributed by atoms with Gasteiger partial charge in [0.25, 0.3) is 5.91 Å². The van der Waals surface area contributed by atoms with E-state index in [2.05, 4.69) is 5.32 Å². The average molecular weight is 428 g/mol. The third-order valence-corrected chi connectivity index (χ3v) is 6.53. The van der Waals surface area contributed by atoms with Crippen molar-refractivity contribution in [3.8, 4) is 0 Å². The molecule has 0 aromatic heterocycles. The quantitative estimate of drug-likeness (QED) is 0.761. The standard InChI is InChI=1S/C22H22FN3O3S/c1-14-8-9-15(12-16(14)23)24-19(27)13-26-17-6-2-3-7-18(17)30-20(22(26)29)21(28)25-10-4-5-11-25/h2-3,6-9,12,20H,4-5,10-11,13H2,1H3,(H,24,27)/t20-/m1/s1. The molecule has 1 N–H and O–H groups in total. The molecule has 30 heavy (non-hydrogen) atoms. The van der Waals surface area contributed by atoms with Gasteiger partial charge in [-0.15, -0.1) is 11.8 Å². The van der Waals surface area contributed by atoms with Crippen LogP contribution < -0.4 is 10.2 Å². The van der Waals surface area contributed by atoms with Gasteiger partial charge in [0.05, 0.1) is 5.69 Å². The maximum atomic E-state index is 13.8. The van der Waals surface area contributed by atoms with Crippen molar-refractivity contribution in [2.75, 3.05) is 29.9 Å². The maximum absolute atomic E-state index is 13.8. The summed E-state index contributed by atoms with van der Waals surface area (Å²) in [5.74, 6) is -1.48. The van der Waals surface area contributed by atoms with E-state index < -0.39 is 22.9 Å². The monoisotopic (exact) mass is 427 g/mol. The molecule has 1 atom stereocenters. The number of likely N-dealkylation sites (tertiary alicyclic amines) is 1. The molecule has 6 nitrogen and oxygen atoms in total. The zero-order valence-corrected chi connectivity index (χ0v) is 17.4. The maximum Gasteiger partial charge on any atom is 0.250 e. The van der Waals surface area contributed by atoms with Gasteiger partial charge >= 0.3 is 0 Å². The Bertz CT molecular complexity index is 1010. The third kappa shape index (κ3) is 4.05. The van der Waals surface area contributed by atoms with E-state index in [4.69, 9.17) is 0 Å². The minimum atomic E-state index is -0.900. The first-order valence-corrected chi connectivity index (χ1v) is 10.7. The number of rotatable bonds is 4. The number of benzene rings is 2. The molecular weight excluding hydrogens is 405 g/mol. The van der Waals surface area contributed by atoms with Crippen LogP contribution >= 0.6 is 11.8 Å². The van der Waals surface area contributed by atoms with Crippen molar-refractivity contribution < 1.29 is 18.8 Å². The zero-order valence-electron chi connectivity index (χ0n) is 16.6. The molecule has 3 amide bonds. The minimum absolute atomic E-state index is 0.206. The van der Waals surface area contributed by atoms with Crippen molar-refractivity contribution in [2.45, 2.75) is 29.9 Å². The lowest BCUT2D eigenvalue weighted by molar-refractivity contribution is -0.134. The molecule has 4 rings (SSSR count). The van der Waals surface area contributed by atoms with Crippen LogP contribution in [0.4, 0.5) is 15.8 Å². The van der Waals surface area contributed by atoms with E-state index in [1.54, 1.807) is 36.1 Å². The number of anilines is 2. The first kappa shape index (κ1) is 20.4. The van der Waals surface area contributed by atoms with Crippen LogP contribution in [0, 0.1) is 12.7 Å². The summed E-state index contributed by atoms with van der Waals surface area (Å²) in [6.07, 6.45) is 1.88. The van der Waals surface area contributed by atoms with Gasteiger partial charge in [0.2, 0.25) is 11.8 Å². The van der Waals surface area contributed by atoms with Crippen molar-refractivity contribution in [3.05, 3.63) is 53.8 Å². The number of para-hydroxylation sites is 1. The van der Waals surface area contributed by atoms with E-state index >= 15 is 0 Å². The van der Waals surface area contributed by atoms with Crippen molar-refractivity contribution in [1.82, 2.24) is 4.90 Å². The lowest BCUT2D eigenvalue weighted by Crippen LogP contribution is -2.51. The molecule has 0 saturated carbocycles. The summed E-state index contributed by atoms with van der Waals surface area (Å²) in [5.41, 5.74) is 1.40. The number of thioether (sulfide) groups is 1. The second kappa shape index (κ2) is 8.47. The number of hydrogen-bond donors (Lipinski definition) is 1. The molecule has 1 saturated heterocycles. The Kier molecular flexibility index (Phi) is 5.76. The molecule has 2 aliphatic rings. The van der Waals surface area contributed by atoms with Gasteiger partial charge in [0.1, 0.15) is 12.4 Å². The molecule has 0 aliphatic carbocycles. The molecule has 8 heteroatoms. The molecule has 2 heterocycles. The molecule has 1 fully saturated rings. The molecule has 2 aromatic rings. The molecule has 2 aliphatic heterocycles. The molecule has 0 unspecified atom stereocenters. The lowest BCUT2D eigenvalue weighted by atomic mass is 10.2. The predicted molar refractivity (Wildman–Crippen MR) is 114 cm³/mol. The molecule has 0 spiro atoms. The summed E-state index contributed by atoms with van der Waals surface area (Å²) in [4.78, 5) is 42.6. The Hall–Kier alpha value is -2.87. The van der Waals surface area contributed by atoms with E-state index in [0.717, 1.165) is 17.7 Å². The van der Waals surface area contributed by atoms with E-state index in [0.29, 0.717) is 30.0 Å². The number of carbonyl (C=O) groups is 3. The summed E-state index contributed by atoms with van der Waals surface area (Å²) in [6.45, 7) is 2.70. The normalized spacial score (nSPS) is 18.3. The molecule has 156 valence electrons. The summed E-state index contributed by atoms with van der Waals surface area (Å²) in [5, 5.41) is 1.73. The fourth-order valence-electron chi connectivity index (χ4n) is 3.65. The average Bonchev–Trinajstić information content (AvgIpc) is 3.27. The summed E-state index contributed by atoms with van der Waals surface area (Å²) >= 11 is 1.23. The van der Waals surface area contributed by atoms with Gasteiger partial charge in [-0.05, 0) is 49.6 Å². The number of carbonyl (C=O) groups excluding carboxylic acids is 3. The summed E-state index contributed by atoms with van der Waals surface area (Å²) in [6, 6.07) is 11.7. The minimum Gasteiger partial charge on any atom is -0.341 e. The van der Waals surface area contributed by atoms with Crippen molar-refractivity contribution in [1.29, 1.82) is 0 Å². The number of hydrogen-bond acceptors (Lipinski definition) is 4. The number of nitrogens with zero attached hydrogens (tertiary/aromatic N) is 2. The SMILES string of the molecule is Cc1ccc(NC(=O)CN2C(=O)[C@@H](C(=O)N3CCCC3)Sc3ccccc32)cc1F.